The summed E-state index contributed by atoms with van der Waals surface area (Å²) in [5, 5.41) is 5.79. The molecule has 4 rings (SSSR count). The molecule has 27 heavy (non-hydrogen) atoms. The Labute approximate surface area is 159 Å². The van der Waals surface area contributed by atoms with Crippen molar-refractivity contribution >= 4 is 16.7 Å². The SMILES string of the molecule is O=C(OCc1ccccc1)C1CN(Cc2ccc3ccccc3c2)CCN1. The lowest BCUT2D eigenvalue weighted by Gasteiger charge is -2.32. The Morgan fingerprint density at radius 2 is 1.74 bits per heavy atom. The van der Waals surface area contributed by atoms with Crippen LogP contribution >= 0.6 is 0 Å². The topological polar surface area (TPSA) is 41.6 Å². The standard InChI is InChI=1S/C23H24N2O2/c26-23(27-17-18-6-2-1-3-7-18)22-16-25(13-12-24-22)15-19-10-11-20-8-4-5-9-21(20)14-19/h1-11,14,22,24H,12-13,15-17H2. The third-order valence-corrected chi connectivity index (χ3v) is 4.99. The Bertz CT molecular complexity index is 910. The van der Waals surface area contributed by atoms with Crippen LogP contribution in [0.25, 0.3) is 10.8 Å². The maximum absolute atomic E-state index is 12.4. The molecule has 4 nitrogen and oxygen atoms in total. The molecule has 3 aromatic carbocycles. The Morgan fingerprint density at radius 1 is 0.963 bits per heavy atom. The Kier molecular flexibility index (Phi) is 5.47. The van der Waals surface area contributed by atoms with Crippen molar-refractivity contribution in [2.45, 2.75) is 19.2 Å². The highest BCUT2D eigenvalue weighted by molar-refractivity contribution is 5.83. The predicted molar refractivity (Wildman–Crippen MR) is 107 cm³/mol. The zero-order valence-electron chi connectivity index (χ0n) is 15.3. The van der Waals surface area contributed by atoms with Gasteiger partial charge >= 0.3 is 5.97 Å². The number of ether oxygens (including phenoxy) is 1. The van der Waals surface area contributed by atoms with E-state index < -0.39 is 0 Å². The van der Waals surface area contributed by atoms with Gasteiger partial charge in [-0.05, 0) is 28.0 Å². The van der Waals surface area contributed by atoms with Gasteiger partial charge < -0.3 is 10.1 Å². The fourth-order valence-corrected chi connectivity index (χ4v) is 3.54. The van der Waals surface area contributed by atoms with E-state index in [0.717, 1.165) is 25.2 Å². The van der Waals surface area contributed by atoms with Gasteiger partial charge in [0.25, 0.3) is 0 Å². The summed E-state index contributed by atoms with van der Waals surface area (Å²) in [6, 6.07) is 24.5. The van der Waals surface area contributed by atoms with Crippen molar-refractivity contribution in [3.8, 4) is 0 Å². The average molecular weight is 360 g/mol. The number of hydrogen-bond donors (Lipinski definition) is 1. The number of piperazine rings is 1. The Morgan fingerprint density at radius 3 is 2.59 bits per heavy atom. The highest BCUT2D eigenvalue weighted by Crippen LogP contribution is 2.17. The van der Waals surface area contributed by atoms with Crippen LogP contribution in [0.15, 0.2) is 72.8 Å². The number of carbonyl (C=O) groups is 1. The molecule has 1 saturated heterocycles. The molecule has 1 aliphatic rings. The molecule has 0 saturated carbocycles. The van der Waals surface area contributed by atoms with E-state index in [4.69, 9.17) is 4.74 Å². The molecule has 3 aromatic rings. The van der Waals surface area contributed by atoms with Crippen molar-refractivity contribution in [2.75, 3.05) is 19.6 Å². The first-order valence-corrected chi connectivity index (χ1v) is 9.42. The number of fused-ring (bicyclic) bond motifs is 1. The van der Waals surface area contributed by atoms with Gasteiger partial charge in [-0.2, -0.15) is 0 Å². The van der Waals surface area contributed by atoms with Gasteiger partial charge in [0, 0.05) is 26.2 Å². The van der Waals surface area contributed by atoms with E-state index in [-0.39, 0.29) is 12.0 Å². The molecule has 1 fully saturated rings. The van der Waals surface area contributed by atoms with Crippen LogP contribution in [0.4, 0.5) is 0 Å². The lowest BCUT2D eigenvalue weighted by molar-refractivity contribution is -0.148. The summed E-state index contributed by atoms with van der Waals surface area (Å²) in [6.45, 7) is 3.55. The first-order chi connectivity index (χ1) is 13.3. The summed E-state index contributed by atoms with van der Waals surface area (Å²) >= 11 is 0. The molecule has 0 radical (unpaired) electrons. The quantitative estimate of drug-likeness (QED) is 0.709. The van der Waals surface area contributed by atoms with E-state index in [9.17, 15) is 4.79 Å². The number of nitrogens with one attached hydrogen (secondary N) is 1. The molecule has 1 N–H and O–H groups in total. The Hall–Kier alpha value is -2.69. The number of benzene rings is 3. The highest BCUT2D eigenvalue weighted by Gasteiger charge is 2.26. The van der Waals surface area contributed by atoms with E-state index in [1.807, 2.05) is 30.3 Å². The van der Waals surface area contributed by atoms with Crippen molar-refractivity contribution in [2.24, 2.45) is 0 Å². The normalized spacial score (nSPS) is 17.7. The molecule has 0 aromatic heterocycles. The van der Waals surface area contributed by atoms with Gasteiger partial charge in [-0.25, -0.2) is 0 Å². The molecule has 1 heterocycles. The summed E-state index contributed by atoms with van der Waals surface area (Å²) in [6.07, 6.45) is 0. The minimum absolute atomic E-state index is 0.179. The summed E-state index contributed by atoms with van der Waals surface area (Å²) in [5.41, 5.74) is 2.28. The van der Waals surface area contributed by atoms with Crippen LogP contribution in [0, 0.1) is 0 Å². The molecule has 0 amide bonds. The molecule has 1 unspecified atom stereocenters. The predicted octanol–water partition coefficient (Wildman–Crippen LogP) is 3.36. The minimum atomic E-state index is -0.275. The molecule has 1 atom stereocenters. The first kappa shape index (κ1) is 17.7. The van der Waals surface area contributed by atoms with Gasteiger partial charge in [0.2, 0.25) is 0 Å². The summed E-state index contributed by atoms with van der Waals surface area (Å²) in [7, 11) is 0. The molecule has 0 aliphatic carbocycles. The zero-order chi connectivity index (χ0) is 18.5. The third kappa shape index (κ3) is 4.54. The molecule has 0 spiro atoms. The fraction of sp³-hybridized carbons (Fsp3) is 0.261. The van der Waals surface area contributed by atoms with Gasteiger partial charge in [-0.3, -0.25) is 9.69 Å². The second kappa shape index (κ2) is 8.33. The lowest BCUT2D eigenvalue weighted by Crippen LogP contribution is -2.54. The first-order valence-electron chi connectivity index (χ1n) is 9.42. The van der Waals surface area contributed by atoms with Gasteiger partial charge in [0.05, 0.1) is 0 Å². The van der Waals surface area contributed by atoms with Gasteiger partial charge in [0.15, 0.2) is 0 Å². The molecular formula is C23H24N2O2. The summed E-state index contributed by atoms with van der Waals surface area (Å²) in [4.78, 5) is 14.7. The summed E-state index contributed by atoms with van der Waals surface area (Å²) in [5.74, 6) is -0.179. The van der Waals surface area contributed by atoms with Gasteiger partial charge in [-0.1, -0.05) is 66.7 Å². The van der Waals surface area contributed by atoms with Crippen LogP contribution in [-0.2, 0) is 22.7 Å². The molecule has 1 aliphatic heterocycles. The monoisotopic (exact) mass is 360 g/mol. The van der Waals surface area contributed by atoms with Crippen molar-refractivity contribution in [1.82, 2.24) is 10.2 Å². The number of esters is 1. The lowest BCUT2D eigenvalue weighted by atomic mass is 10.1. The number of hydrogen-bond acceptors (Lipinski definition) is 4. The van der Waals surface area contributed by atoms with E-state index in [2.05, 4.69) is 52.7 Å². The minimum Gasteiger partial charge on any atom is -0.460 e. The van der Waals surface area contributed by atoms with Crippen LogP contribution in [0.2, 0.25) is 0 Å². The fourth-order valence-electron chi connectivity index (χ4n) is 3.54. The largest absolute Gasteiger partial charge is 0.460 e. The average Bonchev–Trinajstić information content (AvgIpc) is 2.73. The number of carbonyl (C=O) groups excluding carboxylic acids is 1. The van der Waals surface area contributed by atoms with Crippen LogP contribution < -0.4 is 5.32 Å². The number of nitrogens with zero attached hydrogens (tertiary/aromatic N) is 1. The van der Waals surface area contributed by atoms with Crippen LogP contribution in [-0.4, -0.2) is 36.5 Å². The molecule has 0 bridgehead atoms. The second-order valence-corrected chi connectivity index (χ2v) is 7.02. The Balaban J connectivity index is 1.35. The van der Waals surface area contributed by atoms with Gasteiger partial charge in [-0.15, -0.1) is 0 Å². The van der Waals surface area contributed by atoms with Crippen molar-refractivity contribution < 1.29 is 9.53 Å². The van der Waals surface area contributed by atoms with Crippen molar-refractivity contribution in [3.05, 3.63) is 83.9 Å². The second-order valence-electron chi connectivity index (χ2n) is 7.02. The zero-order valence-corrected chi connectivity index (χ0v) is 15.3. The van der Waals surface area contributed by atoms with E-state index >= 15 is 0 Å². The van der Waals surface area contributed by atoms with Crippen LogP contribution in [0.3, 0.4) is 0 Å². The highest BCUT2D eigenvalue weighted by atomic mass is 16.5. The van der Waals surface area contributed by atoms with Crippen LogP contribution in [0.5, 0.6) is 0 Å². The van der Waals surface area contributed by atoms with E-state index in [0.29, 0.717) is 13.2 Å². The van der Waals surface area contributed by atoms with Crippen LogP contribution in [0.1, 0.15) is 11.1 Å². The third-order valence-electron chi connectivity index (χ3n) is 4.99. The molecule has 138 valence electrons. The molecular weight excluding hydrogens is 336 g/mol. The maximum atomic E-state index is 12.4. The maximum Gasteiger partial charge on any atom is 0.324 e. The van der Waals surface area contributed by atoms with E-state index in [1.165, 1.54) is 16.3 Å². The van der Waals surface area contributed by atoms with E-state index in [1.54, 1.807) is 0 Å². The molecule has 4 heteroatoms. The van der Waals surface area contributed by atoms with Gasteiger partial charge in [0.1, 0.15) is 12.6 Å². The van der Waals surface area contributed by atoms with Crippen molar-refractivity contribution in [3.63, 3.8) is 0 Å². The summed E-state index contributed by atoms with van der Waals surface area (Å²) < 4.78 is 5.50. The number of rotatable bonds is 5. The smallest absolute Gasteiger partial charge is 0.324 e. The van der Waals surface area contributed by atoms with Crippen molar-refractivity contribution in [1.29, 1.82) is 0 Å².